The molecular weight excluding hydrogens is 418 g/mol. The van der Waals surface area contributed by atoms with Crippen molar-refractivity contribution in [2.75, 3.05) is 20.1 Å². The van der Waals surface area contributed by atoms with Gasteiger partial charge in [-0.25, -0.2) is 0 Å². The Morgan fingerprint density at radius 1 is 0.909 bits per heavy atom. The zero-order valence-electron chi connectivity index (χ0n) is 18.8. The third kappa shape index (κ3) is 2.82. The maximum Gasteiger partial charge on any atom is 0.231 e. The molecule has 6 heteroatoms. The van der Waals surface area contributed by atoms with Gasteiger partial charge in [0.1, 0.15) is 0 Å². The van der Waals surface area contributed by atoms with Crippen molar-refractivity contribution in [2.24, 2.45) is 5.41 Å². The molecule has 1 atom stereocenters. The summed E-state index contributed by atoms with van der Waals surface area (Å²) in [5, 5.41) is 0. The van der Waals surface area contributed by atoms with E-state index < -0.39 is 0 Å². The van der Waals surface area contributed by atoms with E-state index in [4.69, 9.17) is 18.9 Å². The second kappa shape index (κ2) is 6.56. The van der Waals surface area contributed by atoms with Crippen LogP contribution in [-0.4, -0.2) is 30.8 Å². The summed E-state index contributed by atoms with van der Waals surface area (Å²) >= 11 is 0. The van der Waals surface area contributed by atoms with Crippen molar-refractivity contribution in [2.45, 2.75) is 39.0 Å². The predicted octanol–water partition coefficient (Wildman–Crippen LogP) is 4.78. The van der Waals surface area contributed by atoms with Crippen LogP contribution in [0, 0.1) is 5.41 Å². The van der Waals surface area contributed by atoms with E-state index in [9.17, 15) is 4.79 Å². The van der Waals surface area contributed by atoms with Crippen LogP contribution in [0.4, 0.5) is 0 Å². The largest absolute Gasteiger partial charge is 0.454 e. The lowest BCUT2D eigenvalue weighted by atomic mass is 9.69. The number of nitrogens with zero attached hydrogens (tertiary/aromatic N) is 1. The Kier molecular flexibility index (Phi) is 3.80. The summed E-state index contributed by atoms with van der Waals surface area (Å²) < 4.78 is 22.5. The van der Waals surface area contributed by atoms with E-state index in [1.54, 1.807) is 0 Å². The standard InChI is InChI=1S/C27H25NO5/c1-27(2)11-20-26(21(29)12-27)18(15-3-4-22-23(7-15)31-13-30-22)9-19-17-10-25-24(32-14-33-25)8-16(17)5-6-28(19)20/h3-4,7-10,18H,5-6,11-14H2,1-2H3. The van der Waals surface area contributed by atoms with Gasteiger partial charge in [-0.05, 0) is 59.7 Å². The fraction of sp³-hybridized carbons (Fsp3) is 0.370. The molecule has 0 radical (unpaired) electrons. The number of fused-ring (bicyclic) bond motifs is 6. The summed E-state index contributed by atoms with van der Waals surface area (Å²) in [4.78, 5) is 15.9. The highest BCUT2D eigenvalue weighted by Gasteiger charge is 2.43. The first kappa shape index (κ1) is 19.1. The van der Waals surface area contributed by atoms with E-state index in [1.807, 2.05) is 12.1 Å². The van der Waals surface area contributed by atoms with Gasteiger partial charge in [0.25, 0.3) is 0 Å². The Balaban J connectivity index is 1.42. The molecule has 0 N–H and O–H groups in total. The molecule has 2 aromatic rings. The van der Waals surface area contributed by atoms with Gasteiger partial charge in [0.15, 0.2) is 28.8 Å². The Hall–Kier alpha value is -3.41. The van der Waals surface area contributed by atoms with Crippen molar-refractivity contribution in [3.05, 3.63) is 64.4 Å². The fourth-order valence-electron chi connectivity index (χ4n) is 5.89. The zero-order chi connectivity index (χ0) is 22.3. The zero-order valence-corrected chi connectivity index (χ0v) is 18.8. The van der Waals surface area contributed by atoms with Crippen LogP contribution in [0.15, 0.2) is 47.7 Å². The van der Waals surface area contributed by atoms with Crippen molar-refractivity contribution in [1.82, 2.24) is 4.90 Å². The lowest BCUT2D eigenvalue weighted by molar-refractivity contribution is -0.118. The molecule has 33 heavy (non-hydrogen) atoms. The molecule has 7 rings (SSSR count). The highest BCUT2D eigenvalue weighted by Crippen LogP contribution is 2.52. The van der Waals surface area contributed by atoms with Gasteiger partial charge in [0, 0.05) is 41.4 Å². The van der Waals surface area contributed by atoms with Crippen molar-refractivity contribution in [1.29, 1.82) is 0 Å². The SMILES string of the molecule is CC1(C)CC(=O)C2=C(C1)N1CCc3cc4c(cc3C1=CC2c1ccc2c(c1)OCO2)OCO4. The van der Waals surface area contributed by atoms with Gasteiger partial charge in [-0.2, -0.15) is 0 Å². The molecule has 0 fully saturated rings. The van der Waals surface area contributed by atoms with E-state index in [0.29, 0.717) is 6.42 Å². The molecule has 1 aliphatic carbocycles. The Bertz CT molecular complexity index is 1290. The van der Waals surface area contributed by atoms with Gasteiger partial charge in [0.05, 0.1) is 0 Å². The summed E-state index contributed by atoms with van der Waals surface area (Å²) in [6, 6.07) is 10.3. The Morgan fingerprint density at radius 2 is 1.64 bits per heavy atom. The molecule has 4 aliphatic heterocycles. The third-order valence-electron chi connectivity index (χ3n) is 7.38. The Labute approximate surface area is 192 Å². The maximum atomic E-state index is 13.5. The van der Waals surface area contributed by atoms with E-state index in [0.717, 1.165) is 59.2 Å². The molecule has 0 bridgehead atoms. The van der Waals surface area contributed by atoms with Crippen LogP contribution in [0.1, 0.15) is 49.3 Å². The van der Waals surface area contributed by atoms with Gasteiger partial charge in [-0.1, -0.05) is 19.9 Å². The molecule has 0 aromatic heterocycles. The van der Waals surface area contributed by atoms with Crippen molar-refractivity contribution < 1.29 is 23.7 Å². The third-order valence-corrected chi connectivity index (χ3v) is 7.38. The van der Waals surface area contributed by atoms with E-state index in [-0.39, 0.29) is 30.7 Å². The van der Waals surface area contributed by atoms with Crippen LogP contribution in [0.25, 0.3) is 5.70 Å². The summed E-state index contributed by atoms with van der Waals surface area (Å²) in [6.07, 6.45) is 4.61. The number of rotatable bonds is 1. The predicted molar refractivity (Wildman–Crippen MR) is 121 cm³/mol. The van der Waals surface area contributed by atoms with Crippen LogP contribution in [0.3, 0.4) is 0 Å². The van der Waals surface area contributed by atoms with Crippen molar-refractivity contribution in [3.8, 4) is 23.0 Å². The van der Waals surface area contributed by atoms with Crippen LogP contribution in [0.5, 0.6) is 23.0 Å². The van der Waals surface area contributed by atoms with E-state index in [2.05, 4.69) is 43.0 Å². The average molecular weight is 443 g/mol. The molecule has 1 unspecified atom stereocenters. The maximum absolute atomic E-state index is 13.5. The minimum atomic E-state index is -0.124. The molecule has 0 saturated carbocycles. The first-order chi connectivity index (χ1) is 16.0. The molecular formula is C27H25NO5. The first-order valence-corrected chi connectivity index (χ1v) is 11.5. The van der Waals surface area contributed by atoms with Gasteiger partial charge in [0.2, 0.25) is 13.6 Å². The lowest BCUT2D eigenvalue weighted by Gasteiger charge is -2.46. The van der Waals surface area contributed by atoms with E-state index >= 15 is 0 Å². The second-order valence-electron chi connectivity index (χ2n) is 10.2. The average Bonchev–Trinajstić information content (AvgIpc) is 3.44. The number of Topliss-reactive ketones (excluding diaryl/α,β-unsaturated/α-hetero) is 1. The smallest absolute Gasteiger partial charge is 0.231 e. The minimum Gasteiger partial charge on any atom is -0.454 e. The molecule has 0 spiro atoms. The van der Waals surface area contributed by atoms with E-state index in [1.165, 1.54) is 16.8 Å². The number of benzene rings is 2. The molecule has 6 nitrogen and oxygen atoms in total. The number of hydrogen-bond donors (Lipinski definition) is 0. The highest BCUT2D eigenvalue weighted by atomic mass is 16.7. The Morgan fingerprint density at radius 3 is 2.45 bits per heavy atom. The second-order valence-corrected chi connectivity index (χ2v) is 10.2. The number of carbonyl (C=O) groups excluding carboxylic acids is 1. The number of hydrogen-bond acceptors (Lipinski definition) is 6. The number of carbonyl (C=O) groups is 1. The topological polar surface area (TPSA) is 57.2 Å². The normalized spacial score (nSPS) is 23.7. The van der Waals surface area contributed by atoms with Crippen LogP contribution in [-0.2, 0) is 11.2 Å². The molecule has 5 aliphatic rings. The van der Waals surface area contributed by atoms with Crippen LogP contribution in [0.2, 0.25) is 0 Å². The van der Waals surface area contributed by atoms with Gasteiger partial charge >= 0.3 is 0 Å². The molecule has 0 amide bonds. The van der Waals surface area contributed by atoms with Crippen LogP contribution >= 0.6 is 0 Å². The summed E-state index contributed by atoms with van der Waals surface area (Å²) in [7, 11) is 0. The van der Waals surface area contributed by atoms with Gasteiger partial charge in [-0.3, -0.25) is 4.79 Å². The first-order valence-electron chi connectivity index (χ1n) is 11.5. The minimum absolute atomic E-state index is 0.0625. The summed E-state index contributed by atoms with van der Waals surface area (Å²) in [6.45, 7) is 5.74. The highest BCUT2D eigenvalue weighted by molar-refractivity contribution is 6.01. The molecule has 4 heterocycles. The lowest BCUT2D eigenvalue weighted by Crippen LogP contribution is -2.40. The van der Waals surface area contributed by atoms with Gasteiger partial charge in [-0.15, -0.1) is 0 Å². The molecule has 0 saturated heterocycles. The monoisotopic (exact) mass is 443 g/mol. The fourth-order valence-corrected chi connectivity index (χ4v) is 5.89. The summed E-state index contributed by atoms with van der Waals surface area (Å²) in [5.41, 5.74) is 6.67. The number of allylic oxidation sites excluding steroid dienone is 3. The number of ketones is 1. The van der Waals surface area contributed by atoms with Gasteiger partial charge < -0.3 is 23.8 Å². The van der Waals surface area contributed by atoms with Crippen molar-refractivity contribution in [3.63, 3.8) is 0 Å². The summed E-state index contributed by atoms with van der Waals surface area (Å²) in [5.74, 6) is 3.23. The quantitative estimate of drug-likeness (QED) is 0.632. The number of ether oxygens (including phenoxy) is 4. The molecule has 168 valence electrons. The molecule has 2 aromatic carbocycles. The van der Waals surface area contributed by atoms with Crippen LogP contribution < -0.4 is 18.9 Å². The van der Waals surface area contributed by atoms with Crippen molar-refractivity contribution >= 4 is 11.5 Å².